The van der Waals surface area contributed by atoms with Crippen LogP contribution in [-0.2, 0) is 0 Å². The van der Waals surface area contributed by atoms with Gasteiger partial charge in [-0.1, -0.05) is 6.42 Å². The van der Waals surface area contributed by atoms with Crippen molar-refractivity contribution < 1.29 is 5.11 Å². The Bertz CT molecular complexity index is 251. The lowest BCUT2D eigenvalue weighted by Gasteiger charge is -2.22. The predicted molar refractivity (Wildman–Crippen MR) is 47.1 cm³/mol. The number of nitrogens with one attached hydrogen (secondary N) is 2. The smallest absolute Gasteiger partial charge is 0.193 e. The molecule has 12 heavy (non-hydrogen) atoms. The van der Waals surface area contributed by atoms with Gasteiger partial charge in [-0.25, -0.2) is 0 Å². The summed E-state index contributed by atoms with van der Waals surface area (Å²) in [5, 5.41) is 12.8. The van der Waals surface area contributed by atoms with Gasteiger partial charge in [-0.15, -0.1) is 0 Å². The number of hydrogen-bond acceptors (Lipinski definition) is 2. The van der Waals surface area contributed by atoms with Crippen molar-refractivity contribution in [3.8, 4) is 5.88 Å². The molecule has 2 heterocycles. The number of hydrogen-bond donors (Lipinski definition) is 3. The third-order valence-electron chi connectivity index (χ3n) is 2.44. The summed E-state index contributed by atoms with van der Waals surface area (Å²) in [5.41, 5.74) is 1.01. The fourth-order valence-electron chi connectivity index (χ4n) is 1.77. The molecule has 3 N–H and O–H groups in total. The van der Waals surface area contributed by atoms with Crippen LogP contribution in [0.25, 0.3) is 0 Å². The predicted octanol–water partition coefficient (Wildman–Crippen LogP) is 1.53. The summed E-state index contributed by atoms with van der Waals surface area (Å²) in [4.78, 5) is 2.78. The van der Waals surface area contributed by atoms with Gasteiger partial charge in [-0.05, 0) is 25.5 Å². The maximum absolute atomic E-state index is 9.41. The zero-order valence-electron chi connectivity index (χ0n) is 7.01. The molecule has 0 aromatic carbocycles. The molecule has 0 saturated carbocycles. The van der Waals surface area contributed by atoms with Crippen molar-refractivity contribution in [2.24, 2.45) is 0 Å². The van der Waals surface area contributed by atoms with Crippen molar-refractivity contribution in [2.75, 3.05) is 6.54 Å². The molecular formula is C9H14N2O. The Morgan fingerprint density at radius 1 is 1.42 bits per heavy atom. The van der Waals surface area contributed by atoms with Gasteiger partial charge in [-0.2, -0.15) is 0 Å². The summed E-state index contributed by atoms with van der Waals surface area (Å²) in [6, 6.07) is 2.29. The molecule has 1 atom stereocenters. The first-order valence-corrected chi connectivity index (χ1v) is 4.47. The first kappa shape index (κ1) is 7.68. The maximum Gasteiger partial charge on any atom is 0.193 e. The van der Waals surface area contributed by atoms with E-state index in [1.54, 1.807) is 6.20 Å². The summed E-state index contributed by atoms with van der Waals surface area (Å²) in [7, 11) is 0. The quantitative estimate of drug-likeness (QED) is 0.592. The Kier molecular flexibility index (Phi) is 2.04. The third kappa shape index (κ3) is 1.32. The molecular weight excluding hydrogens is 152 g/mol. The first-order chi connectivity index (χ1) is 5.88. The van der Waals surface area contributed by atoms with Gasteiger partial charge in [0, 0.05) is 17.8 Å². The molecule has 66 valence electrons. The minimum atomic E-state index is 0.314. The van der Waals surface area contributed by atoms with Crippen molar-refractivity contribution in [1.82, 2.24) is 10.3 Å². The number of aromatic amines is 1. The van der Waals surface area contributed by atoms with E-state index in [1.165, 1.54) is 12.8 Å². The van der Waals surface area contributed by atoms with Crippen molar-refractivity contribution in [2.45, 2.75) is 25.3 Å². The van der Waals surface area contributed by atoms with E-state index in [4.69, 9.17) is 0 Å². The van der Waals surface area contributed by atoms with Gasteiger partial charge in [0.2, 0.25) is 0 Å². The summed E-state index contributed by atoms with van der Waals surface area (Å²) in [5.74, 6) is 0.314. The highest BCUT2D eigenvalue weighted by molar-refractivity contribution is 5.28. The Balaban J connectivity index is 2.13. The average Bonchev–Trinajstić information content (AvgIpc) is 2.53. The maximum atomic E-state index is 9.41. The van der Waals surface area contributed by atoms with Crippen LogP contribution in [0.2, 0.25) is 0 Å². The Morgan fingerprint density at radius 2 is 2.33 bits per heavy atom. The van der Waals surface area contributed by atoms with Crippen LogP contribution >= 0.6 is 0 Å². The summed E-state index contributed by atoms with van der Waals surface area (Å²) >= 11 is 0. The molecule has 3 nitrogen and oxygen atoms in total. The van der Waals surface area contributed by atoms with Crippen LogP contribution in [0.1, 0.15) is 30.9 Å². The molecule has 3 heteroatoms. The van der Waals surface area contributed by atoms with Gasteiger partial charge in [0.15, 0.2) is 5.88 Å². The van der Waals surface area contributed by atoms with E-state index in [-0.39, 0.29) is 0 Å². The lowest BCUT2D eigenvalue weighted by molar-refractivity contribution is 0.387. The number of H-pyrrole nitrogens is 1. The zero-order valence-corrected chi connectivity index (χ0v) is 7.01. The molecule has 1 aromatic rings. The van der Waals surface area contributed by atoms with Crippen molar-refractivity contribution in [3.05, 3.63) is 17.8 Å². The lowest BCUT2D eigenvalue weighted by Crippen LogP contribution is -2.26. The molecule has 1 fully saturated rings. The van der Waals surface area contributed by atoms with Crippen LogP contribution in [-0.4, -0.2) is 16.6 Å². The summed E-state index contributed by atoms with van der Waals surface area (Å²) in [6.45, 7) is 1.06. The van der Waals surface area contributed by atoms with E-state index in [9.17, 15) is 5.11 Å². The minimum absolute atomic E-state index is 0.314. The third-order valence-corrected chi connectivity index (χ3v) is 2.44. The number of piperidine rings is 1. The Morgan fingerprint density at radius 3 is 2.92 bits per heavy atom. The molecule has 0 spiro atoms. The molecule has 1 aliphatic heterocycles. The monoisotopic (exact) mass is 166 g/mol. The highest BCUT2D eigenvalue weighted by atomic mass is 16.3. The molecule has 1 unspecified atom stereocenters. The largest absolute Gasteiger partial charge is 0.494 e. The molecule has 1 saturated heterocycles. The normalized spacial score (nSPS) is 24.2. The molecule has 1 aliphatic rings. The van der Waals surface area contributed by atoms with E-state index < -0.39 is 0 Å². The van der Waals surface area contributed by atoms with Crippen molar-refractivity contribution in [1.29, 1.82) is 0 Å². The van der Waals surface area contributed by atoms with Crippen molar-refractivity contribution in [3.63, 3.8) is 0 Å². The van der Waals surface area contributed by atoms with Gasteiger partial charge < -0.3 is 15.4 Å². The van der Waals surface area contributed by atoms with E-state index in [2.05, 4.69) is 10.3 Å². The van der Waals surface area contributed by atoms with Gasteiger partial charge in [0.25, 0.3) is 0 Å². The number of aromatic nitrogens is 1. The highest BCUT2D eigenvalue weighted by Gasteiger charge is 2.17. The van der Waals surface area contributed by atoms with Crippen LogP contribution in [0, 0.1) is 0 Å². The standard InChI is InChI=1S/C9H14N2O/c12-9-7(4-6-11-9)8-3-1-2-5-10-8/h4,6,8,10-12H,1-3,5H2. The second-order valence-corrected chi connectivity index (χ2v) is 3.28. The Labute approximate surface area is 71.8 Å². The Hall–Kier alpha value is -0.960. The molecule has 0 bridgehead atoms. The fraction of sp³-hybridized carbons (Fsp3) is 0.556. The topological polar surface area (TPSA) is 48.0 Å². The molecule has 1 aromatic heterocycles. The van der Waals surface area contributed by atoms with Gasteiger partial charge in [-0.3, -0.25) is 0 Å². The average molecular weight is 166 g/mol. The molecule has 2 rings (SSSR count). The van der Waals surface area contributed by atoms with E-state index in [1.807, 2.05) is 6.07 Å². The molecule has 0 radical (unpaired) electrons. The fourth-order valence-corrected chi connectivity index (χ4v) is 1.77. The van der Waals surface area contributed by atoms with Crippen LogP contribution in [0.3, 0.4) is 0 Å². The SMILES string of the molecule is Oc1[nH]ccc1C1CCCCN1. The zero-order chi connectivity index (χ0) is 8.39. The summed E-state index contributed by atoms with van der Waals surface area (Å²) < 4.78 is 0. The molecule has 0 amide bonds. The second kappa shape index (κ2) is 3.19. The van der Waals surface area contributed by atoms with Gasteiger partial charge in [0.1, 0.15) is 0 Å². The highest BCUT2D eigenvalue weighted by Crippen LogP contribution is 2.28. The van der Waals surface area contributed by atoms with Crippen LogP contribution in [0.15, 0.2) is 12.3 Å². The van der Waals surface area contributed by atoms with Gasteiger partial charge in [0.05, 0.1) is 0 Å². The lowest BCUT2D eigenvalue weighted by atomic mass is 10.00. The van der Waals surface area contributed by atoms with E-state index in [0.717, 1.165) is 18.5 Å². The van der Waals surface area contributed by atoms with Crippen molar-refractivity contribution >= 4 is 0 Å². The van der Waals surface area contributed by atoms with E-state index in [0.29, 0.717) is 11.9 Å². The number of rotatable bonds is 1. The van der Waals surface area contributed by atoms with Crippen LogP contribution in [0.5, 0.6) is 5.88 Å². The number of aromatic hydroxyl groups is 1. The second-order valence-electron chi connectivity index (χ2n) is 3.28. The van der Waals surface area contributed by atoms with E-state index >= 15 is 0 Å². The van der Waals surface area contributed by atoms with Crippen LogP contribution < -0.4 is 5.32 Å². The van der Waals surface area contributed by atoms with Gasteiger partial charge >= 0.3 is 0 Å². The first-order valence-electron chi connectivity index (χ1n) is 4.47. The van der Waals surface area contributed by atoms with Crippen LogP contribution in [0.4, 0.5) is 0 Å². The minimum Gasteiger partial charge on any atom is -0.494 e. The molecule has 0 aliphatic carbocycles. The summed E-state index contributed by atoms with van der Waals surface area (Å²) in [6.07, 6.45) is 5.41.